The second kappa shape index (κ2) is 4.47. The minimum absolute atomic E-state index is 0.0586. The lowest BCUT2D eigenvalue weighted by Gasteiger charge is -2.08. The van der Waals surface area contributed by atoms with Crippen LogP contribution in [0.4, 0.5) is 8.78 Å². The average molecular weight is 207 g/mol. The summed E-state index contributed by atoms with van der Waals surface area (Å²) in [6.45, 7) is 1.45. The molecule has 15 heavy (non-hydrogen) atoms. The lowest BCUT2D eigenvalue weighted by molar-refractivity contribution is 0.145. The fourth-order valence-corrected chi connectivity index (χ4v) is 1.29. The molecule has 0 spiro atoms. The Bertz CT molecular complexity index is 455. The zero-order valence-electron chi connectivity index (χ0n) is 7.96. The van der Waals surface area contributed by atoms with Gasteiger partial charge < -0.3 is 0 Å². The van der Waals surface area contributed by atoms with Gasteiger partial charge >= 0.3 is 0 Å². The molecule has 0 fully saturated rings. The Kier molecular flexibility index (Phi) is 3.30. The quantitative estimate of drug-likeness (QED) is 0.747. The van der Waals surface area contributed by atoms with Gasteiger partial charge in [-0.1, -0.05) is 0 Å². The van der Waals surface area contributed by atoms with Gasteiger partial charge in [0.2, 0.25) is 0 Å². The van der Waals surface area contributed by atoms with E-state index in [4.69, 9.17) is 10.5 Å². The van der Waals surface area contributed by atoms with E-state index < -0.39 is 6.43 Å². The average Bonchev–Trinajstić information content (AvgIpc) is 2.20. The predicted molar refractivity (Wildman–Crippen MR) is 48.0 cm³/mol. The maximum absolute atomic E-state index is 12.5. The molecule has 0 aliphatic rings. The first-order chi connectivity index (χ1) is 7.11. The number of alkyl halides is 2. The SMILES string of the molecule is Cc1c(C(F)F)ncc(C#N)c1CC#N. The van der Waals surface area contributed by atoms with E-state index in [0.717, 1.165) is 6.20 Å². The van der Waals surface area contributed by atoms with E-state index in [9.17, 15) is 8.78 Å². The van der Waals surface area contributed by atoms with Crippen LogP contribution in [0.1, 0.15) is 28.8 Å². The van der Waals surface area contributed by atoms with Crippen LogP contribution in [-0.4, -0.2) is 4.98 Å². The molecule has 5 heteroatoms. The molecule has 3 nitrogen and oxygen atoms in total. The highest BCUT2D eigenvalue weighted by Gasteiger charge is 2.17. The largest absolute Gasteiger partial charge is 0.280 e. The van der Waals surface area contributed by atoms with Crippen LogP contribution in [0.25, 0.3) is 0 Å². The summed E-state index contributed by atoms with van der Waals surface area (Å²) in [5.74, 6) is 0. The van der Waals surface area contributed by atoms with Gasteiger partial charge in [-0.15, -0.1) is 0 Å². The third-order valence-corrected chi connectivity index (χ3v) is 2.08. The smallest absolute Gasteiger partial charge is 0.254 e. The number of halogens is 2. The van der Waals surface area contributed by atoms with E-state index in [2.05, 4.69) is 4.98 Å². The van der Waals surface area contributed by atoms with E-state index in [1.54, 1.807) is 0 Å². The molecule has 0 saturated heterocycles. The number of nitriles is 2. The maximum atomic E-state index is 12.5. The Morgan fingerprint density at radius 3 is 2.60 bits per heavy atom. The zero-order valence-corrected chi connectivity index (χ0v) is 7.96. The Balaban J connectivity index is 3.38. The minimum atomic E-state index is -2.69. The number of hydrogen-bond donors (Lipinski definition) is 0. The number of hydrogen-bond acceptors (Lipinski definition) is 3. The highest BCUT2D eigenvalue weighted by atomic mass is 19.3. The van der Waals surface area contributed by atoms with Gasteiger partial charge in [-0.3, -0.25) is 4.98 Å². The highest BCUT2D eigenvalue weighted by Crippen LogP contribution is 2.24. The fraction of sp³-hybridized carbons (Fsp3) is 0.300. The van der Waals surface area contributed by atoms with Gasteiger partial charge in [-0.25, -0.2) is 8.78 Å². The zero-order chi connectivity index (χ0) is 11.4. The van der Waals surface area contributed by atoms with Crippen LogP contribution in [0.3, 0.4) is 0 Å². The first-order valence-electron chi connectivity index (χ1n) is 4.15. The van der Waals surface area contributed by atoms with Crippen molar-refractivity contribution in [3.8, 4) is 12.1 Å². The Morgan fingerprint density at radius 1 is 1.47 bits per heavy atom. The van der Waals surface area contributed by atoms with Crippen LogP contribution >= 0.6 is 0 Å². The standard InChI is InChI=1S/C10H7F2N3/c1-6-8(2-3-13)7(4-14)5-15-9(6)10(11)12/h5,10H,2H2,1H3. The monoisotopic (exact) mass is 207 g/mol. The minimum Gasteiger partial charge on any atom is -0.254 e. The van der Waals surface area contributed by atoms with Crippen LogP contribution in [0.15, 0.2) is 6.20 Å². The topological polar surface area (TPSA) is 60.5 Å². The van der Waals surface area contributed by atoms with Gasteiger partial charge in [0.05, 0.1) is 18.1 Å². The second-order valence-electron chi connectivity index (χ2n) is 2.91. The Labute approximate surface area is 85.6 Å². The van der Waals surface area contributed by atoms with Crippen LogP contribution in [0.2, 0.25) is 0 Å². The number of nitrogens with zero attached hydrogens (tertiary/aromatic N) is 3. The molecule has 0 atom stereocenters. The van der Waals surface area contributed by atoms with E-state index >= 15 is 0 Å². The molecule has 0 bridgehead atoms. The molecule has 0 radical (unpaired) electrons. The summed E-state index contributed by atoms with van der Waals surface area (Å²) in [5.41, 5.74) is 0.383. The molecule has 0 aliphatic carbocycles. The molecule has 1 aromatic heterocycles. The van der Waals surface area contributed by atoms with Gasteiger partial charge in [0, 0.05) is 6.20 Å². The van der Waals surface area contributed by atoms with Crippen molar-refractivity contribution in [2.24, 2.45) is 0 Å². The summed E-state index contributed by atoms with van der Waals surface area (Å²) in [4.78, 5) is 3.51. The third-order valence-electron chi connectivity index (χ3n) is 2.08. The van der Waals surface area contributed by atoms with Crippen molar-refractivity contribution in [1.82, 2.24) is 4.98 Å². The molecule has 1 rings (SSSR count). The lowest BCUT2D eigenvalue weighted by Crippen LogP contribution is -2.02. The van der Waals surface area contributed by atoms with Gasteiger partial charge in [-0.2, -0.15) is 10.5 Å². The molecule has 0 N–H and O–H groups in total. The fourth-order valence-electron chi connectivity index (χ4n) is 1.29. The lowest BCUT2D eigenvalue weighted by atomic mass is 10.0. The third kappa shape index (κ3) is 2.08. The number of pyridine rings is 1. The normalized spacial score (nSPS) is 9.73. The van der Waals surface area contributed by atoms with Gasteiger partial charge in [0.15, 0.2) is 0 Å². The van der Waals surface area contributed by atoms with E-state index in [0.29, 0.717) is 5.56 Å². The van der Waals surface area contributed by atoms with Crippen molar-refractivity contribution < 1.29 is 8.78 Å². The van der Waals surface area contributed by atoms with Crippen molar-refractivity contribution in [1.29, 1.82) is 10.5 Å². The van der Waals surface area contributed by atoms with Crippen molar-refractivity contribution in [3.05, 3.63) is 28.6 Å². The summed E-state index contributed by atoms with van der Waals surface area (Å²) >= 11 is 0. The van der Waals surface area contributed by atoms with E-state index in [1.165, 1.54) is 6.92 Å². The summed E-state index contributed by atoms with van der Waals surface area (Å²) in [5, 5.41) is 17.2. The maximum Gasteiger partial charge on any atom is 0.280 e. The number of aromatic nitrogens is 1. The first-order valence-corrected chi connectivity index (χ1v) is 4.15. The van der Waals surface area contributed by atoms with Crippen molar-refractivity contribution in [2.45, 2.75) is 19.8 Å². The Morgan fingerprint density at radius 2 is 2.13 bits per heavy atom. The molecule has 0 amide bonds. The van der Waals surface area contributed by atoms with Crippen LogP contribution in [0.5, 0.6) is 0 Å². The van der Waals surface area contributed by atoms with E-state index in [1.807, 2.05) is 12.1 Å². The molecule has 1 aromatic rings. The van der Waals surface area contributed by atoms with Crippen molar-refractivity contribution in [2.75, 3.05) is 0 Å². The number of rotatable bonds is 2. The van der Waals surface area contributed by atoms with Gasteiger partial charge in [0.1, 0.15) is 11.8 Å². The molecule has 0 aliphatic heterocycles. The summed E-state index contributed by atoms with van der Waals surface area (Å²) in [7, 11) is 0. The summed E-state index contributed by atoms with van der Waals surface area (Å²) in [6, 6.07) is 3.67. The van der Waals surface area contributed by atoms with Gasteiger partial charge in [0.25, 0.3) is 6.43 Å². The molecular formula is C10H7F2N3. The van der Waals surface area contributed by atoms with Crippen LogP contribution in [0, 0.1) is 29.6 Å². The molecule has 0 saturated carbocycles. The van der Waals surface area contributed by atoms with Crippen LogP contribution in [-0.2, 0) is 6.42 Å². The van der Waals surface area contributed by atoms with Crippen LogP contribution < -0.4 is 0 Å². The highest BCUT2D eigenvalue weighted by molar-refractivity contribution is 5.44. The molecule has 1 heterocycles. The van der Waals surface area contributed by atoms with Crippen molar-refractivity contribution in [3.63, 3.8) is 0 Å². The predicted octanol–water partition coefficient (Wildman–Crippen LogP) is 2.27. The Hall–Kier alpha value is -2.01. The molecular weight excluding hydrogens is 200 g/mol. The van der Waals surface area contributed by atoms with Gasteiger partial charge in [-0.05, 0) is 18.1 Å². The van der Waals surface area contributed by atoms with E-state index in [-0.39, 0.29) is 23.2 Å². The first kappa shape index (κ1) is 11.1. The second-order valence-corrected chi connectivity index (χ2v) is 2.91. The molecule has 0 aromatic carbocycles. The summed E-state index contributed by atoms with van der Waals surface area (Å²) in [6.07, 6.45) is -1.66. The molecule has 76 valence electrons. The molecule has 0 unspecified atom stereocenters. The van der Waals surface area contributed by atoms with Crippen molar-refractivity contribution >= 4 is 0 Å². The summed E-state index contributed by atoms with van der Waals surface area (Å²) < 4.78 is 24.9.